The number of hydrogen-bond acceptors (Lipinski definition) is 5. The van der Waals surface area contributed by atoms with E-state index in [1.54, 1.807) is 7.11 Å². The zero-order valence-electron chi connectivity index (χ0n) is 16.8. The second-order valence-corrected chi connectivity index (χ2v) is 7.49. The molecule has 0 radical (unpaired) electrons. The molecule has 0 saturated carbocycles. The first kappa shape index (κ1) is 21.0. The monoisotopic (exact) mass is 397 g/mol. The lowest BCUT2D eigenvalue weighted by Crippen LogP contribution is -2.56. The van der Waals surface area contributed by atoms with Gasteiger partial charge in [0.25, 0.3) is 0 Å². The number of carboxylic acid groups (broad SMARTS) is 1. The fraction of sp³-hybridized carbons (Fsp3) is 0.391. The number of aliphatic carboxylic acids is 1. The molecule has 1 fully saturated rings. The summed E-state index contributed by atoms with van der Waals surface area (Å²) in [5, 5.41) is 9.79. The highest BCUT2D eigenvalue weighted by molar-refractivity contribution is 5.84. The maximum absolute atomic E-state index is 13.0. The summed E-state index contributed by atoms with van der Waals surface area (Å²) in [6, 6.07) is 16.5. The lowest BCUT2D eigenvalue weighted by atomic mass is 9.87. The van der Waals surface area contributed by atoms with Gasteiger partial charge in [0.05, 0.1) is 12.0 Å². The van der Waals surface area contributed by atoms with E-state index < -0.39 is 23.9 Å². The highest BCUT2D eigenvalue weighted by Crippen LogP contribution is 2.29. The van der Waals surface area contributed by atoms with Gasteiger partial charge in [-0.3, -0.25) is 14.5 Å². The van der Waals surface area contributed by atoms with Crippen LogP contribution in [0.4, 0.5) is 0 Å². The number of esters is 1. The van der Waals surface area contributed by atoms with Crippen LogP contribution in [0, 0.1) is 12.8 Å². The second kappa shape index (κ2) is 9.67. The number of carbonyl (C=O) groups is 2. The van der Waals surface area contributed by atoms with Gasteiger partial charge in [0.15, 0.2) is 0 Å². The van der Waals surface area contributed by atoms with E-state index in [2.05, 4.69) is 0 Å². The quantitative estimate of drug-likeness (QED) is 0.724. The van der Waals surface area contributed by atoms with Crippen LogP contribution in [0.25, 0.3) is 0 Å². The number of likely N-dealkylation sites (tertiary alicyclic amines) is 1. The van der Waals surface area contributed by atoms with Crippen molar-refractivity contribution >= 4 is 11.9 Å². The summed E-state index contributed by atoms with van der Waals surface area (Å²) in [5.41, 5.74) is 3.00. The molecule has 154 valence electrons. The van der Waals surface area contributed by atoms with E-state index in [1.165, 1.54) is 0 Å². The third-order valence-electron chi connectivity index (χ3n) is 5.31. The minimum Gasteiger partial charge on any atom is -0.481 e. The Balaban J connectivity index is 1.82. The summed E-state index contributed by atoms with van der Waals surface area (Å²) < 4.78 is 11.0. The van der Waals surface area contributed by atoms with Crippen LogP contribution in [0.15, 0.2) is 54.6 Å². The average Bonchev–Trinajstić information content (AvgIpc) is 2.72. The molecule has 0 spiro atoms. The van der Waals surface area contributed by atoms with Gasteiger partial charge < -0.3 is 14.6 Å². The summed E-state index contributed by atoms with van der Waals surface area (Å²) >= 11 is 0. The van der Waals surface area contributed by atoms with Crippen LogP contribution in [0.2, 0.25) is 0 Å². The van der Waals surface area contributed by atoms with Crippen molar-refractivity contribution in [1.82, 2.24) is 4.90 Å². The van der Waals surface area contributed by atoms with Crippen molar-refractivity contribution in [1.29, 1.82) is 0 Å². The molecule has 0 aromatic heterocycles. The number of rotatable bonds is 7. The highest BCUT2D eigenvalue weighted by atomic mass is 16.5. The first-order valence-corrected chi connectivity index (χ1v) is 9.73. The molecule has 3 rings (SSSR count). The fourth-order valence-corrected chi connectivity index (χ4v) is 3.86. The maximum Gasteiger partial charge on any atom is 0.324 e. The summed E-state index contributed by atoms with van der Waals surface area (Å²) in [7, 11) is 1.57. The molecule has 1 aliphatic rings. The van der Waals surface area contributed by atoms with Gasteiger partial charge >= 0.3 is 11.9 Å². The Morgan fingerprint density at radius 2 is 1.83 bits per heavy atom. The van der Waals surface area contributed by atoms with E-state index in [4.69, 9.17) is 9.47 Å². The van der Waals surface area contributed by atoms with Crippen molar-refractivity contribution in [3.05, 3.63) is 71.3 Å². The van der Waals surface area contributed by atoms with Crippen molar-refractivity contribution < 1.29 is 24.2 Å². The van der Waals surface area contributed by atoms with Crippen LogP contribution in [-0.2, 0) is 32.2 Å². The number of hydrogen-bond donors (Lipinski definition) is 1. The van der Waals surface area contributed by atoms with E-state index in [0.29, 0.717) is 13.1 Å². The minimum atomic E-state index is -1.01. The summed E-state index contributed by atoms with van der Waals surface area (Å²) in [5.74, 6) is -2.41. The standard InChI is InChI=1S/C23H27NO5/c1-16-7-6-10-18(11-16)13-24-14-19(28-2)12-20(22(25)26)21(24)23(27)29-15-17-8-4-3-5-9-17/h3-11,19-21H,12-15H2,1-2H3,(H,25,26)/t19-,20-,21-/m0/s1. The Hall–Kier alpha value is -2.70. The fourth-order valence-electron chi connectivity index (χ4n) is 3.86. The van der Waals surface area contributed by atoms with Crippen molar-refractivity contribution in [3.8, 4) is 0 Å². The molecule has 2 aromatic rings. The predicted octanol–water partition coefficient (Wildman–Crippen LogP) is 3.03. The normalized spacial score (nSPS) is 22.2. The molecule has 1 aliphatic heterocycles. The number of carbonyl (C=O) groups excluding carboxylic acids is 1. The topological polar surface area (TPSA) is 76.1 Å². The maximum atomic E-state index is 13.0. The van der Waals surface area contributed by atoms with E-state index in [9.17, 15) is 14.7 Å². The third kappa shape index (κ3) is 5.43. The van der Waals surface area contributed by atoms with Gasteiger partial charge in [0.1, 0.15) is 12.6 Å². The predicted molar refractivity (Wildman–Crippen MR) is 108 cm³/mol. The number of benzene rings is 2. The smallest absolute Gasteiger partial charge is 0.324 e. The van der Waals surface area contributed by atoms with Crippen LogP contribution in [0.5, 0.6) is 0 Å². The van der Waals surface area contributed by atoms with Gasteiger partial charge in [-0.2, -0.15) is 0 Å². The van der Waals surface area contributed by atoms with Crippen LogP contribution in [-0.4, -0.2) is 47.7 Å². The summed E-state index contributed by atoms with van der Waals surface area (Å²) in [6.45, 7) is 3.05. The first-order valence-electron chi connectivity index (χ1n) is 9.73. The van der Waals surface area contributed by atoms with Crippen molar-refractivity contribution in [2.24, 2.45) is 5.92 Å². The van der Waals surface area contributed by atoms with Gasteiger partial charge in [-0.05, 0) is 24.5 Å². The molecule has 6 heteroatoms. The molecule has 1 saturated heterocycles. The average molecular weight is 397 g/mol. The van der Waals surface area contributed by atoms with E-state index >= 15 is 0 Å². The minimum absolute atomic E-state index is 0.120. The lowest BCUT2D eigenvalue weighted by molar-refractivity contribution is -0.167. The largest absolute Gasteiger partial charge is 0.481 e. The summed E-state index contributed by atoms with van der Waals surface area (Å²) in [6.07, 6.45) is 0.0282. The SMILES string of the molecule is CO[C@H]1C[C@H](C(=O)O)[C@@H](C(=O)OCc2ccccc2)N(Cc2cccc(C)c2)C1. The molecule has 0 bridgehead atoms. The van der Waals surface area contributed by atoms with Crippen LogP contribution >= 0.6 is 0 Å². The zero-order chi connectivity index (χ0) is 20.8. The Bertz CT molecular complexity index is 838. The number of methoxy groups -OCH3 is 1. The van der Waals surface area contributed by atoms with Gasteiger partial charge in [0.2, 0.25) is 0 Å². The Kier molecular flexibility index (Phi) is 7.01. The second-order valence-electron chi connectivity index (χ2n) is 7.49. The highest BCUT2D eigenvalue weighted by Gasteiger charge is 2.45. The van der Waals surface area contributed by atoms with Gasteiger partial charge in [-0.25, -0.2) is 0 Å². The third-order valence-corrected chi connectivity index (χ3v) is 5.31. The van der Waals surface area contributed by atoms with Gasteiger partial charge in [-0.15, -0.1) is 0 Å². The first-order chi connectivity index (χ1) is 14.0. The molecular weight excluding hydrogens is 370 g/mol. The van der Waals surface area contributed by atoms with E-state index in [1.807, 2.05) is 66.4 Å². The van der Waals surface area contributed by atoms with Crippen LogP contribution in [0.3, 0.4) is 0 Å². The number of nitrogens with zero attached hydrogens (tertiary/aromatic N) is 1. The Morgan fingerprint density at radius 3 is 2.48 bits per heavy atom. The molecule has 0 aliphatic carbocycles. The van der Waals surface area contributed by atoms with Crippen molar-refractivity contribution in [2.75, 3.05) is 13.7 Å². The van der Waals surface area contributed by atoms with Crippen LogP contribution in [0.1, 0.15) is 23.1 Å². The number of piperidine rings is 1. The van der Waals surface area contributed by atoms with Gasteiger partial charge in [0, 0.05) is 20.2 Å². The molecule has 0 unspecified atom stereocenters. The number of aryl methyl sites for hydroxylation is 1. The van der Waals surface area contributed by atoms with Crippen molar-refractivity contribution in [3.63, 3.8) is 0 Å². The van der Waals surface area contributed by atoms with E-state index in [-0.39, 0.29) is 19.1 Å². The molecule has 29 heavy (non-hydrogen) atoms. The lowest BCUT2D eigenvalue weighted by Gasteiger charge is -2.41. The Morgan fingerprint density at radius 1 is 1.10 bits per heavy atom. The molecular formula is C23H27NO5. The zero-order valence-corrected chi connectivity index (χ0v) is 16.8. The van der Waals surface area contributed by atoms with E-state index in [0.717, 1.165) is 16.7 Å². The molecule has 1 N–H and O–H groups in total. The van der Waals surface area contributed by atoms with Crippen LogP contribution < -0.4 is 0 Å². The summed E-state index contributed by atoms with van der Waals surface area (Å²) in [4.78, 5) is 26.8. The van der Waals surface area contributed by atoms with Gasteiger partial charge in [-0.1, -0.05) is 60.2 Å². The number of carboxylic acids is 1. The molecule has 3 atom stereocenters. The molecule has 6 nitrogen and oxygen atoms in total. The number of ether oxygens (including phenoxy) is 2. The molecule has 1 heterocycles. The van der Waals surface area contributed by atoms with Crippen molar-refractivity contribution in [2.45, 2.75) is 38.6 Å². The molecule has 0 amide bonds. The molecule has 2 aromatic carbocycles. The Labute approximate surface area is 171 Å².